The SMILES string of the molecule is CCCCCCCCCCCCCCN(O)C(=O)N(C)C. The van der Waals surface area contributed by atoms with Crippen LogP contribution in [0.4, 0.5) is 4.79 Å². The number of unbranched alkanes of at least 4 members (excludes halogenated alkanes) is 11. The molecule has 0 saturated heterocycles. The number of carbonyl (C=O) groups excluding carboxylic acids is 1. The molecule has 0 bridgehead atoms. The summed E-state index contributed by atoms with van der Waals surface area (Å²) in [6, 6.07) is -0.335. The zero-order valence-electron chi connectivity index (χ0n) is 14.4. The number of carbonyl (C=O) groups is 1. The van der Waals surface area contributed by atoms with Crippen LogP contribution in [-0.4, -0.2) is 41.8 Å². The van der Waals surface area contributed by atoms with Crippen LogP contribution >= 0.6 is 0 Å². The highest BCUT2D eigenvalue weighted by Gasteiger charge is 2.11. The Bertz CT molecular complexity index is 245. The third-order valence-corrected chi connectivity index (χ3v) is 3.83. The van der Waals surface area contributed by atoms with E-state index in [1.54, 1.807) is 14.1 Å². The van der Waals surface area contributed by atoms with E-state index in [-0.39, 0.29) is 6.03 Å². The Hall–Kier alpha value is -0.770. The Kier molecular flexibility index (Phi) is 13.7. The predicted molar refractivity (Wildman–Crippen MR) is 88.7 cm³/mol. The van der Waals surface area contributed by atoms with Gasteiger partial charge < -0.3 is 4.90 Å². The molecule has 0 heterocycles. The fraction of sp³-hybridized carbons (Fsp3) is 0.941. The number of hydroxylamine groups is 2. The first kappa shape index (κ1) is 20.2. The van der Waals surface area contributed by atoms with Crippen molar-refractivity contribution in [3.8, 4) is 0 Å². The van der Waals surface area contributed by atoms with Crippen LogP contribution in [0, 0.1) is 0 Å². The van der Waals surface area contributed by atoms with Gasteiger partial charge in [-0.3, -0.25) is 5.21 Å². The third kappa shape index (κ3) is 12.7. The molecule has 0 unspecified atom stereocenters. The van der Waals surface area contributed by atoms with Crippen molar-refractivity contribution in [2.45, 2.75) is 84.0 Å². The molecule has 0 aliphatic heterocycles. The van der Waals surface area contributed by atoms with Gasteiger partial charge in [-0.25, -0.2) is 9.86 Å². The number of nitrogens with zero attached hydrogens (tertiary/aromatic N) is 2. The van der Waals surface area contributed by atoms with E-state index < -0.39 is 0 Å². The molecule has 126 valence electrons. The highest BCUT2D eigenvalue weighted by molar-refractivity contribution is 5.72. The summed E-state index contributed by atoms with van der Waals surface area (Å²) in [6.07, 6.45) is 15.4. The second-order valence-electron chi connectivity index (χ2n) is 6.19. The largest absolute Gasteiger partial charge is 0.343 e. The molecule has 0 radical (unpaired) electrons. The van der Waals surface area contributed by atoms with Gasteiger partial charge in [0.1, 0.15) is 0 Å². The molecule has 2 amide bonds. The molecule has 0 rings (SSSR count). The summed E-state index contributed by atoms with van der Waals surface area (Å²) >= 11 is 0. The normalized spacial score (nSPS) is 10.7. The van der Waals surface area contributed by atoms with Gasteiger partial charge in [-0.2, -0.15) is 0 Å². The molecule has 0 spiro atoms. The lowest BCUT2D eigenvalue weighted by atomic mass is 10.1. The summed E-state index contributed by atoms with van der Waals surface area (Å²) in [6.45, 7) is 2.70. The monoisotopic (exact) mass is 300 g/mol. The third-order valence-electron chi connectivity index (χ3n) is 3.83. The van der Waals surface area contributed by atoms with Crippen LogP contribution in [0.5, 0.6) is 0 Å². The van der Waals surface area contributed by atoms with Gasteiger partial charge in [0.15, 0.2) is 0 Å². The van der Waals surface area contributed by atoms with Crippen molar-refractivity contribution in [3.05, 3.63) is 0 Å². The highest BCUT2D eigenvalue weighted by Crippen LogP contribution is 2.12. The van der Waals surface area contributed by atoms with Gasteiger partial charge in [-0.15, -0.1) is 0 Å². The first-order valence-electron chi connectivity index (χ1n) is 8.77. The first-order valence-corrected chi connectivity index (χ1v) is 8.77. The first-order chi connectivity index (χ1) is 10.1. The standard InChI is InChI=1S/C17H36N2O2/c1-4-5-6-7-8-9-10-11-12-13-14-15-16-19(21)17(20)18(2)3/h21H,4-16H2,1-3H3. The Labute approximate surface area is 131 Å². The molecule has 0 atom stereocenters. The Balaban J connectivity index is 3.21. The second-order valence-corrected chi connectivity index (χ2v) is 6.19. The van der Waals surface area contributed by atoms with Crippen LogP contribution in [0.2, 0.25) is 0 Å². The van der Waals surface area contributed by atoms with E-state index in [0.29, 0.717) is 6.54 Å². The van der Waals surface area contributed by atoms with Crippen LogP contribution < -0.4 is 0 Å². The topological polar surface area (TPSA) is 43.8 Å². The molecule has 4 heteroatoms. The molecule has 4 nitrogen and oxygen atoms in total. The average molecular weight is 300 g/mol. The maximum absolute atomic E-state index is 11.4. The van der Waals surface area contributed by atoms with Crippen molar-refractivity contribution in [1.29, 1.82) is 0 Å². The van der Waals surface area contributed by atoms with E-state index in [4.69, 9.17) is 0 Å². The summed E-state index contributed by atoms with van der Waals surface area (Å²) in [5.74, 6) is 0. The quantitative estimate of drug-likeness (QED) is 0.293. The van der Waals surface area contributed by atoms with Gasteiger partial charge in [-0.1, -0.05) is 77.6 Å². The van der Waals surface area contributed by atoms with Crippen molar-refractivity contribution < 1.29 is 10.0 Å². The minimum Gasteiger partial charge on any atom is -0.329 e. The van der Waals surface area contributed by atoms with Gasteiger partial charge in [-0.05, 0) is 6.42 Å². The minimum atomic E-state index is -0.335. The molecular formula is C17H36N2O2. The summed E-state index contributed by atoms with van der Waals surface area (Å²) in [5, 5.41) is 10.3. The lowest BCUT2D eigenvalue weighted by Crippen LogP contribution is -2.37. The number of amides is 2. The fourth-order valence-corrected chi connectivity index (χ4v) is 2.43. The smallest absolute Gasteiger partial charge is 0.329 e. The van der Waals surface area contributed by atoms with Gasteiger partial charge in [0.25, 0.3) is 0 Å². The van der Waals surface area contributed by atoms with Crippen LogP contribution in [0.15, 0.2) is 0 Å². The van der Waals surface area contributed by atoms with Crippen LogP contribution in [0.1, 0.15) is 84.0 Å². The van der Waals surface area contributed by atoms with Crippen molar-refractivity contribution in [2.75, 3.05) is 20.6 Å². The molecule has 1 N–H and O–H groups in total. The number of rotatable bonds is 13. The second kappa shape index (κ2) is 14.2. The van der Waals surface area contributed by atoms with Crippen LogP contribution in [0.3, 0.4) is 0 Å². The van der Waals surface area contributed by atoms with Gasteiger partial charge in [0, 0.05) is 14.1 Å². The van der Waals surface area contributed by atoms with Gasteiger partial charge in [0.2, 0.25) is 0 Å². The molecule has 0 aromatic heterocycles. The number of urea groups is 1. The van der Waals surface area contributed by atoms with E-state index in [1.165, 1.54) is 69.1 Å². The summed E-state index contributed by atoms with van der Waals surface area (Å²) in [4.78, 5) is 12.8. The lowest BCUT2D eigenvalue weighted by Gasteiger charge is -2.19. The van der Waals surface area contributed by atoms with Gasteiger partial charge >= 0.3 is 6.03 Å². The number of hydrogen-bond donors (Lipinski definition) is 1. The van der Waals surface area contributed by atoms with E-state index >= 15 is 0 Å². The zero-order valence-corrected chi connectivity index (χ0v) is 14.4. The van der Waals surface area contributed by atoms with Gasteiger partial charge in [0.05, 0.1) is 6.54 Å². The van der Waals surface area contributed by atoms with Crippen molar-refractivity contribution in [1.82, 2.24) is 9.96 Å². The average Bonchev–Trinajstić information content (AvgIpc) is 2.47. The molecular weight excluding hydrogens is 264 g/mol. The minimum absolute atomic E-state index is 0.335. The number of hydrogen-bond acceptors (Lipinski definition) is 2. The van der Waals surface area contributed by atoms with Crippen molar-refractivity contribution >= 4 is 6.03 Å². The van der Waals surface area contributed by atoms with E-state index in [1.807, 2.05) is 0 Å². The summed E-state index contributed by atoms with van der Waals surface area (Å²) < 4.78 is 0. The molecule has 0 fully saturated rings. The fourth-order valence-electron chi connectivity index (χ4n) is 2.43. The van der Waals surface area contributed by atoms with Crippen LogP contribution in [-0.2, 0) is 0 Å². The van der Waals surface area contributed by atoms with Crippen LogP contribution in [0.25, 0.3) is 0 Å². The summed E-state index contributed by atoms with van der Waals surface area (Å²) in [5.41, 5.74) is 0. The zero-order chi connectivity index (χ0) is 15.9. The maximum atomic E-state index is 11.4. The molecule has 21 heavy (non-hydrogen) atoms. The molecule has 0 aliphatic carbocycles. The van der Waals surface area contributed by atoms with Crippen molar-refractivity contribution in [3.63, 3.8) is 0 Å². The summed E-state index contributed by atoms with van der Waals surface area (Å²) in [7, 11) is 3.29. The molecule has 0 saturated carbocycles. The maximum Gasteiger partial charge on any atom is 0.343 e. The lowest BCUT2D eigenvalue weighted by molar-refractivity contribution is -0.0536. The molecule has 0 aromatic rings. The van der Waals surface area contributed by atoms with Crippen molar-refractivity contribution in [2.24, 2.45) is 0 Å². The molecule has 0 aromatic carbocycles. The Morgan fingerprint density at radius 3 is 1.52 bits per heavy atom. The van der Waals surface area contributed by atoms with E-state index in [2.05, 4.69) is 6.92 Å². The van der Waals surface area contributed by atoms with E-state index in [9.17, 15) is 10.0 Å². The van der Waals surface area contributed by atoms with E-state index in [0.717, 1.165) is 17.9 Å². The highest BCUT2D eigenvalue weighted by atomic mass is 16.5. The Morgan fingerprint density at radius 1 is 0.762 bits per heavy atom. The Morgan fingerprint density at radius 2 is 1.14 bits per heavy atom. The predicted octanol–water partition coefficient (Wildman–Crippen LogP) is 5.06. The molecule has 0 aliphatic rings.